The lowest BCUT2D eigenvalue weighted by atomic mass is 10.1. The topological polar surface area (TPSA) is 110 Å². The summed E-state index contributed by atoms with van der Waals surface area (Å²) in [6.07, 6.45) is 49.2. The fourth-order valence-electron chi connectivity index (χ4n) is 6.23. The molecule has 0 atom stereocenters. The number of allylic oxidation sites excluding steroid dienone is 4. The Labute approximate surface area is 298 Å². The zero-order valence-corrected chi connectivity index (χ0v) is 31.7. The Kier molecular flexibility index (Phi) is 40.1. The first-order chi connectivity index (χ1) is 23.6. The first kappa shape index (κ1) is 46.3. The molecule has 0 aliphatic heterocycles. The summed E-state index contributed by atoms with van der Waals surface area (Å²) < 4.78 is 0. The molecule has 0 rings (SSSR count). The Balaban J connectivity index is 3.12. The summed E-state index contributed by atoms with van der Waals surface area (Å²) in [5.41, 5.74) is 10.3. The average molecular weight is 675 g/mol. The van der Waals surface area contributed by atoms with E-state index in [1.165, 1.54) is 180 Å². The lowest BCUT2D eigenvalue weighted by molar-refractivity contribution is -0.119. The van der Waals surface area contributed by atoms with Crippen LogP contribution >= 0.6 is 0 Å². The van der Waals surface area contributed by atoms with Gasteiger partial charge < -0.3 is 22.1 Å². The van der Waals surface area contributed by atoms with Crippen LogP contribution in [0, 0.1) is 0 Å². The number of unbranched alkanes of at least 4 members (excludes halogenated alkanes) is 26. The predicted molar refractivity (Wildman–Crippen MR) is 210 cm³/mol. The number of hydrogen-bond donors (Lipinski definition) is 4. The molecule has 48 heavy (non-hydrogen) atoms. The maximum Gasteiger partial charge on any atom is 0.217 e. The first-order valence-corrected chi connectivity index (χ1v) is 20.9. The Hall–Kier alpha value is -1.66. The maximum atomic E-state index is 10.7. The lowest BCUT2D eigenvalue weighted by Gasteiger charge is -2.07. The number of carbonyl (C=O) groups excluding carboxylic acids is 2. The highest BCUT2D eigenvalue weighted by Crippen LogP contribution is 2.13. The van der Waals surface area contributed by atoms with Crippen molar-refractivity contribution >= 4 is 11.8 Å². The molecule has 6 nitrogen and oxygen atoms in total. The molecule has 0 heterocycles. The molecule has 0 aromatic rings. The van der Waals surface area contributed by atoms with Crippen LogP contribution in [0.5, 0.6) is 0 Å². The van der Waals surface area contributed by atoms with Gasteiger partial charge in [0, 0.05) is 25.9 Å². The van der Waals surface area contributed by atoms with Crippen molar-refractivity contribution in [3.63, 3.8) is 0 Å². The molecule has 0 unspecified atom stereocenters. The molecule has 0 fully saturated rings. The summed E-state index contributed by atoms with van der Waals surface area (Å²) in [6.45, 7) is 4.53. The van der Waals surface area contributed by atoms with E-state index in [1.807, 2.05) is 0 Å². The maximum absolute atomic E-state index is 10.7. The molecule has 2 amide bonds. The molecular formula is C42H82N4O2. The van der Waals surface area contributed by atoms with Crippen LogP contribution < -0.4 is 22.1 Å². The molecule has 0 aliphatic rings. The van der Waals surface area contributed by atoms with E-state index in [0.29, 0.717) is 12.8 Å². The molecule has 0 aromatic heterocycles. The van der Waals surface area contributed by atoms with Gasteiger partial charge in [-0.25, -0.2) is 0 Å². The number of amides is 2. The molecule has 0 radical (unpaired) electrons. The number of primary amides is 2. The van der Waals surface area contributed by atoms with Crippen LogP contribution in [0.4, 0.5) is 0 Å². The number of nitrogens with two attached hydrogens (primary N) is 2. The Bertz CT molecular complexity index is 664. The minimum atomic E-state index is -0.166. The minimum absolute atomic E-state index is 0.166. The molecule has 0 saturated carbocycles. The van der Waals surface area contributed by atoms with Crippen molar-refractivity contribution < 1.29 is 9.59 Å². The fourth-order valence-corrected chi connectivity index (χ4v) is 6.23. The number of hydrogen-bond acceptors (Lipinski definition) is 4. The van der Waals surface area contributed by atoms with Crippen LogP contribution in [0.15, 0.2) is 24.3 Å². The second kappa shape index (κ2) is 41.5. The second-order valence-electron chi connectivity index (χ2n) is 14.2. The molecule has 282 valence electrons. The zero-order chi connectivity index (χ0) is 34.9. The highest BCUT2D eigenvalue weighted by atomic mass is 16.1. The summed E-state index contributed by atoms with van der Waals surface area (Å²) in [5.74, 6) is -0.332. The summed E-state index contributed by atoms with van der Waals surface area (Å²) >= 11 is 0. The van der Waals surface area contributed by atoms with Crippen molar-refractivity contribution in [2.45, 2.75) is 205 Å². The van der Waals surface area contributed by atoms with Gasteiger partial charge in [0.2, 0.25) is 11.8 Å². The van der Waals surface area contributed by atoms with Gasteiger partial charge in [-0.2, -0.15) is 0 Å². The van der Waals surface area contributed by atoms with Crippen LogP contribution in [-0.4, -0.2) is 38.0 Å². The SMILES string of the molecule is NC(=O)CCCCCCC/C=C\CCCCCCCCCCNCCNCCCCCCCCCC/C=C\CCCCCCCC(N)=O. The van der Waals surface area contributed by atoms with E-state index in [2.05, 4.69) is 34.9 Å². The Morgan fingerprint density at radius 1 is 0.312 bits per heavy atom. The van der Waals surface area contributed by atoms with Crippen LogP contribution in [0.25, 0.3) is 0 Å². The van der Waals surface area contributed by atoms with Crippen LogP contribution in [0.2, 0.25) is 0 Å². The number of carbonyl (C=O) groups is 2. The first-order valence-electron chi connectivity index (χ1n) is 20.9. The van der Waals surface area contributed by atoms with Crippen molar-refractivity contribution in [2.75, 3.05) is 26.2 Å². The third-order valence-electron chi connectivity index (χ3n) is 9.35. The molecule has 0 aliphatic carbocycles. The van der Waals surface area contributed by atoms with E-state index in [9.17, 15) is 9.59 Å². The molecular weight excluding hydrogens is 592 g/mol. The summed E-state index contributed by atoms with van der Waals surface area (Å²) in [7, 11) is 0. The van der Waals surface area contributed by atoms with Gasteiger partial charge in [0.1, 0.15) is 0 Å². The fraction of sp³-hybridized carbons (Fsp3) is 0.857. The van der Waals surface area contributed by atoms with Gasteiger partial charge in [-0.05, 0) is 90.1 Å². The second-order valence-corrected chi connectivity index (χ2v) is 14.2. The third-order valence-corrected chi connectivity index (χ3v) is 9.35. The van der Waals surface area contributed by atoms with Crippen molar-refractivity contribution in [2.24, 2.45) is 11.5 Å². The van der Waals surface area contributed by atoms with Crippen molar-refractivity contribution in [1.29, 1.82) is 0 Å². The smallest absolute Gasteiger partial charge is 0.217 e. The molecule has 0 bridgehead atoms. The standard InChI is InChI=1S/C42H82N4O2/c43-41(47)35-31-27-23-19-15-11-7-3-1-5-9-13-17-21-25-29-33-37-45-39-40-46-38-34-30-26-22-18-14-10-6-2-4-8-12-16-20-24-28-32-36-42(44)48/h3-4,7-8,45-46H,1-2,5-6,9-40H2,(H2,43,47)(H2,44,48)/b7-3-,8-4-. The highest BCUT2D eigenvalue weighted by molar-refractivity contribution is 5.73. The van der Waals surface area contributed by atoms with Gasteiger partial charge in [-0.1, -0.05) is 140 Å². The van der Waals surface area contributed by atoms with Crippen LogP contribution in [0.1, 0.15) is 205 Å². The lowest BCUT2D eigenvalue weighted by Crippen LogP contribution is -2.28. The largest absolute Gasteiger partial charge is 0.370 e. The summed E-state index contributed by atoms with van der Waals surface area (Å²) in [6, 6.07) is 0. The van der Waals surface area contributed by atoms with Crippen LogP contribution in [-0.2, 0) is 9.59 Å². The highest BCUT2D eigenvalue weighted by Gasteiger charge is 1.97. The normalized spacial score (nSPS) is 11.8. The van der Waals surface area contributed by atoms with Gasteiger partial charge in [0.25, 0.3) is 0 Å². The van der Waals surface area contributed by atoms with Gasteiger partial charge in [0.05, 0.1) is 0 Å². The minimum Gasteiger partial charge on any atom is -0.370 e. The molecule has 0 spiro atoms. The van der Waals surface area contributed by atoms with Gasteiger partial charge in [0.15, 0.2) is 0 Å². The van der Waals surface area contributed by atoms with Gasteiger partial charge in [-0.3, -0.25) is 9.59 Å². The molecule has 6 N–H and O–H groups in total. The average Bonchev–Trinajstić information content (AvgIpc) is 3.06. The van der Waals surface area contributed by atoms with Crippen molar-refractivity contribution in [1.82, 2.24) is 10.6 Å². The van der Waals surface area contributed by atoms with Crippen LogP contribution in [0.3, 0.4) is 0 Å². The Morgan fingerprint density at radius 3 is 0.812 bits per heavy atom. The van der Waals surface area contributed by atoms with E-state index in [1.54, 1.807) is 0 Å². The quantitative estimate of drug-likeness (QED) is 0.0382. The number of nitrogens with one attached hydrogen (secondary N) is 2. The zero-order valence-electron chi connectivity index (χ0n) is 31.7. The van der Waals surface area contributed by atoms with E-state index < -0.39 is 0 Å². The van der Waals surface area contributed by atoms with Crippen molar-refractivity contribution in [3.8, 4) is 0 Å². The summed E-state index contributed by atoms with van der Waals surface area (Å²) in [4.78, 5) is 21.4. The summed E-state index contributed by atoms with van der Waals surface area (Å²) in [5, 5.41) is 7.21. The van der Waals surface area contributed by atoms with E-state index >= 15 is 0 Å². The monoisotopic (exact) mass is 675 g/mol. The Morgan fingerprint density at radius 2 is 0.542 bits per heavy atom. The molecule has 0 saturated heterocycles. The van der Waals surface area contributed by atoms with E-state index in [4.69, 9.17) is 11.5 Å². The van der Waals surface area contributed by atoms with E-state index in [-0.39, 0.29) is 11.8 Å². The molecule has 6 heteroatoms. The van der Waals surface area contributed by atoms with E-state index in [0.717, 1.165) is 38.8 Å². The predicted octanol–water partition coefficient (Wildman–Crippen LogP) is 10.7. The van der Waals surface area contributed by atoms with Gasteiger partial charge in [-0.15, -0.1) is 0 Å². The number of rotatable bonds is 41. The molecule has 0 aromatic carbocycles. The van der Waals surface area contributed by atoms with Crippen molar-refractivity contribution in [3.05, 3.63) is 24.3 Å². The third kappa shape index (κ3) is 44.3. The van der Waals surface area contributed by atoms with Gasteiger partial charge >= 0.3 is 0 Å².